The molecule has 0 spiro atoms. The minimum absolute atomic E-state index is 0.110. The zero-order valence-electron chi connectivity index (χ0n) is 9.40. The van der Waals surface area contributed by atoms with Crippen molar-refractivity contribution < 1.29 is 8.78 Å². The third kappa shape index (κ3) is 11.6. The number of alkyl halides is 2. The molecule has 0 atom stereocenters. The summed E-state index contributed by atoms with van der Waals surface area (Å²) in [6.45, 7) is 9.50. The maximum Gasteiger partial charge on any atom is 0.266 e. The van der Waals surface area contributed by atoms with Gasteiger partial charge in [-0.15, -0.1) is 0 Å². The number of halogens is 2. The molecule has 0 aliphatic carbocycles. The lowest BCUT2D eigenvalue weighted by Crippen LogP contribution is -2.09. The lowest BCUT2D eigenvalue weighted by Gasteiger charge is -2.07. The Kier molecular flexibility index (Phi) is 9.53. The summed E-state index contributed by atoms with van der Waals surface area (Å²) in [4.78, 5) is 0. The predicted molar refractivity (Wildman–Crippen MR) is 55.2 cm³/mol. The fourth-order valence-corrected chi connectivity index (χ4v) is 0.630. The van der Waals surface area contributed by atoms with E-state index in [9.17, 15) is 8.78 Å². The molecular formula is C11H22F2. The van der Waals surface area contributed by atoms with Crippen molar-refractivity contribution in [3.63, 3.8) is 0 Å². The van der Waals surface area contributed by atoms with Crippen molar-refractivity contribution in [3.05, 3.63) is 12.2 Å². The van der Waals surface area contributed by atoms with Crippen molar-refractivity contribution in [1.82, 2.24) is 0 Å². The van der Waals surface area contributed by atoms with Gasteiger partial charge in [0.1, 0.15) is 0 Å². The normalized spacial score (nSPS) is 11.7. The van der Waals surface area contributed by atoms with E-state index in [1.54, 1.807) is 6.08 Å². The quantitative estimate of drug-likeness (QED) is 0.568. The average Bonchev–Trinajstić information content (AvgIpc) is 2.07. The summed E-state index contributed by atoms with van der Waals surface area (Å²) in [5, 5.41) is 0. The van der Waals surface area contributed by atoms with Crippen LogP contribution >= 0.6 is 0 Å². The van der Waals surface area contributed by atoms with Crippen LogP contribution in [0.1, 0.15) is 47.5 Å². The van der Waals surface area contributed by atoms with Crippen LogP contribution < -0.4 is 0 Å². The van der Waals surface area contributed by atoms with Gasteiger partial charge in [0.05, 0.1) is 0 Å². The van der Waals surface area contributed by atoms with Crippen LogP contribution in [0.15, 0.2) is 12.2 Å². The smallest absolute Gasteiger partial charge is 0.202 e. The molecule has 2 heteroatoms. The molecule has 80 valence electrons. The predicted octanol–water partition coefficient (Wildman–Crippen LogP) is 4.66. The van der Waals surface area contributed by atoms with Crippen molar-refractivity contribution in [2.75, 3.05) is 0 Å². The summed E-state index contributed by atoms with van der Waals surface area (Å²) >= 11 is 0. The van der Waals surface area contributed by atoms with Gasteiger partial charge in [-0.25, -0.2) is 8.78 Å². The largest absolute Gasteiger partial charge is 0.266 e. The molecule has 0 bridgehead atoms. The molecule has 0 aromatic carbocycles. The molecule has 0 aromatic rings. The standard InChI is InChI=1S/C9H16F2.C2H6/c1-4-9(10,11)7-5-6-8(2)3;1-2/h5,7-8H,4,6H2,1-3H3;1-2H3/b7-5+;. The summed E-state index contributed by atoms with van der Waals surface area (Å²) in [7, 11) is 0. The van der Waals surface area contributed by atoms with Crippen molar-refractivity contribution in [2.45, 2.75) is 53.4 Å². The minimum atomic E-state index is -2.60. The number of allylic oxidation sites excluding steroid dienone is 2. The van der Waals surface area contributed by atoms with E-state index >= 15 is 0 Å². The fourth-order valence-electron chi connectivity index (χ4n) is 0.630. The van der Waals surface area contributed by atoms with Gasteiger partial charge < -0.3 is 0 Å². The fraction of sp³-hybridized carbons (Fsp3) is 0.818. The van der Waals surface area contributed by atoms with Crippen molar-refractivity contribution >= 4 is 0 Å². The zero-order valence-corrected chi connectivity index (χ0v) is 9.40. The lowest BCUT2D eigenvalue weighted by molar-refractivity contribution is 0.0508. The molecular weight excluding hydrogens is 170 g/mol. The van der Waals surface area contributed by atoms with E-state index in [0.29, 0.717) is 5.92 Å². The Hall–Kier alpha value is -0.400. The Morgan fingerprint density at radius 2 is 1.69 bits per heavy atom. The molecule has 0 rings (SSSR count). The van der Waals surface area contributed by atoms with Crippen LogP contribution in [0.5, 0.6) is 0 Å². The second-order valence-corrected chi connectivity index (χ2v) is 3.15. The first-order chi connectivity index (χ1) is 5.98. The molecule has 0 saturated carbocycles. The van der Waals surface area contributed by atoms with E-state index in [4.69, 9.17) is 0 Å². The second-order valence-electron chi connectivity index (χ2n) is 3.15. The Labute approximate surface area is 81.0 Å². The third-order valence-electron chi connectivity index (χ3n) is 1.44. The Bertz CT molecular complexity index is 126. The van der Waals surface area contributed by atoms with Gasteiger partial charge >= 0.3 is 0 Å². The van der Waals surface area contributed by atoms with Crippen LogP contribution in [-0.2, 0) is 0 Å². The monoisotopic (exact) mass is 192 g/mol. The van der Waals surface area contributed by atoms with Crippen molar-refractivity contribution in [2.24, 2.45) is 5.92 Å². The molecule has 0 nitrogen and oxygen atoms in total. The van der Waals surface area contributed by atoms with E-state index in [2.05, 4.69) is 0 Å². The molecule has 0 aliphatic rings. The third-order valence-corrected chi connectivity index (χ3v) is 1.44. The summed E-state index contributed by atoms with van der Waals surface area (Å²) < 4.78 is 25.0. The topological polar surface area (TPSA) is 0 Å². The van der Waals surface area contributed by atoms with Crippen LogP contribution in [0.3, 0.4) is 0 Å². The van der Waals surface area contributed by atoms with E-state index in [-0.39, 0.29) is 6.42 Å². The first-order valence-electron chi connectivity index (χ1n) is 5.03. The molecule has 0 fully saturated rings. The molecule has 0 saturated heterocycles. The summed E-state index contributed by atoms with van der Waals surface area (Å²) in [5.74, 6) is -2.14. The first kappa shape index (κ1) is 15.1. The maximum absolute atomic E-state index is 12.5. The van der Waals surface area contributed by atoms with Gasteiger partial charge in [-0.2, -0.15) is 0 Å². The van der Waals surface area contributed by atoms with Gasteiger partial charge in [-0.3, -0.25) is 0 Å². The molecule has 0 unspecified atom stereocenters. The number of hydrogen-bond donors (Lipinski definition) is 0. The Balaban J connectivity index is 0. The Morgan fingerprint density at radius 1 is 1.23 bits per heavy atom. The highest BCUT2D eigenvalue weighted by Crippen LogP contribution is 2.19. The van der Waals surface area contributed by atoms with Gasteiger partial charge in [0.15, 0.2) is 0 Å². The van der Waals surface area contributed by atoms with Gasteiger partial charge in [0, 0.05) is 6.42 Å². The zero-order chi connectivity index (χ0) is 10.9. The summed E-state index contributed by atoms with van der Waals surface area (Å²) in [5.41, 5.74) is 0. The molecule has 0 aromatic heterocycles. The average molecular weight is 192 g/mol. The lowest BCUT2D eigenvalue weighted by atomic mass is 10.1. The van der Waals surface area contributed by atoms with E-state index in [1.165, 1.54) is 6.92 Å². The highest BCUT2D eigenvalue weighted by molar-refractivity contribution is 4.94. The summed E-state index contributed by atoms with van der Waals surface area (Å²) in [6, 6.07) is 0. The van der Waals surface area contributed by atoms with E-state index in [0.717, 1.165) is 12.5 Å². The Morgan fingerprint density at radius 3 is 2.00 bits per heavy atom. The SMILES string of the molecule is CC.CCC(F)(F)/C=C/CC(C)C. The first-order valence-corrected chi connectivity index (χ1v) is 5.03. The number of hydrogen-bond acceptors (Lipinski definition) is 0. The van der Waals surface area contributed by atoms with Gasteiger partial charge in [-0.05, 0) is 18.4 Å². The molecule has 0 radical (unpaired) electrons. The highest BCUT2D eigenvalue weighted by Gasteiger charge is 2.20. The van der Waals surface area contributed by atoms with Crippen molar-refractivity contribution in [3.8, 4) is 0 Å². The maximum atomic E-state index is 12.5. The summed E-state index contributed by atoms with van der Waals surface area (Å²) in [6.07, 6.45) is 3.19. The van der Waals surface area contributed by atoms with Crippen LogP contribution in [0.2, 0.25) is 0 Å². The van der Waals surface area contributed by atoms with E-state index in [1.807, 2.05) is 27.7 Å². The van der Waals surface area contributed by atoms with Crippen LogP contribution in [0.4, 0.5) is 8.78 Å². The van der Waals surface area contributed by atoms with Gasteiger partial charge in [-0.1, -0.05) is 40.7 Å². The van der Waals surface area contributed by atoms with Gasteiger partial charge in [0.2, 0.25) is 0 Å². The van der Waals surface area contributed by atoms with Gasteiger partial charge in [0.25, 0.3) is 5.92 Å². The second kappa shape index (κ2) is 8.21. The van der Waals surface area contributed by atoms with Crippen LogP contribution in [0, 0.1) is 5.92 Å². The molecule has 0 N–H and O–H groups in total. The number of rotatable bonds is 4. The molecule has 0 aliphatic heterocycles. The molecule has 13 heavy (non-hydrogen) atoms. The van der Waals surface area contributed by atoms with Crippen LogP contribution in [0.25, 0.3) is 0 Å². The highest BCUT2D eigenvalue weighted by atomic mass is 19.3. The van der Waals surface area contributed by atoms with E-state index < -0.39 is 5.92 Å². The van der Waals surface area contributed by atoms with Crippen molar-refractivity contribution in [1.29, 1.82) is 0 Å². The molecule has 0 heterocycles. The molecule has 0 amide bonds. The van der Waals surface area contributed by atoms with Crippen LogP contribution in [-0.4, -0.2) is 5.92 Å². The minimum Gasteiger partial charge on any atom is -0.202 e.